The van der Waals surface area contributed by atoms with Crippen molar-refractivity contribution < 1.29 is 17.9 Å². The van der Waals surface area contributed by atoms with Crippen LogP contribution in [0.2, 0.25) is 0 Å². The van der Waals surface area contributed by atoms with Gasteiger partial charge >= 0.3 is 0 Å². The van der Waals surface area contributed by atoms with Crippen molar-refractivity contribution in [3.05, 3.63) is 53.1 Å². The van der Waals surface area contributed by atoms with Crippen molar-refractivity contribution in [3.63, 3.8) is 0 Å². The summed E-state index contributed by atoms with van der Waals surface area (Å²) >= 11 is 0. The number of aryl methyl sites for hydroxylation is 1. The number of hydrogen-bond acceptors (Lipinski definition) is 4. The van der Waals surface area contributed by atoms with Gasteiger partial charge in [-0.15, -0.1) is 0 Å². The maximum Gasteiger partial charge on any atom is 0.246 e. The second-order valence-corrected chi connectivity index (χ2v) is 7.84. The number of carbonyl (C=O) groups is 1. The lowest BCUT2D eigenvalue weighted by atomic mass is 9.94. The third-order valence-electron chi connectivity index (χ3n) is 4.19. The van der Waals surface area contributed by atoms with Gasteiger partial charge in [-0.2, -0.15) is 4.31 Å². The van der Waals surface area contributed by atoms with Gasteiger partial charge in [-0.3, -0.25) is 4.79 Å². The van der Waals surface area contributed by atoms with Gasteiger partial charge < -0.3 is 4.74 Å². The van der Waals surface area contributed by atoms with Crippen LogP contribution in [0.25, 0.3) is 0 Å². The zero-order valence-corrected chi connectivity index (χ0v) is 14.2. The topological polar surface area (TPSA) is 63.7 Å². The molecule has 1 aliphatic heterocycles. The molecule has 3 rings (SSSR count). The lowest BCUT2D eigenvalue weighted by molar-refractivity contribution is -0.112. The molecule has 0 aromatic heterocycles. The van der Waals surface area contributed by atoms with Crippen LogP contribution in [0.1, 0.15) is 19.4 Å². The smallest absolute Gasteiger partial charge is 0.246 e. The van der Waals surface area contributed by atoms with Crippen molar-refractivity contribution in [3.8, 4) is 0 Å². The fourth-order valence-corrected chi connectivity index (χ4v) is 4.60. The van der Waals surface area contributed by atoms with E-state index in [-0.39, 0.29) is 23.8 Å². The minimum Gasteiger partial charge on any atom is -0.351 e. The van der Waals surface area contributed by atoms with Crippen molar-refractivity contribution in [1.82, 2.24) is 4.31 Å². The minimum absolute atomic E-state index is 0.0844. The first-order valence-electron chi connectivity index (χ1n) is 7.43. The Kier molecular flexibility index (Phi) is 3.78. The molecule has 122 valence electrons. The van der Waals surface area contributed by atoms with E-state index in [4.69, 9.17) is 4.74 Å². The first kappa shape index (κ1) is 16.1. The normalized spacial score (nSPS) is 21.4. The van der Waals surface area contributed by atoms with Gasteiger partial charge in [-0.25, -0.2) is 8.42 Å². The fraction of sp³-hybridized carbons (Fsp3) is 0.353. The molecular formula is C17H19NO4S. The van der Waals surface area contributed by atoms with E-state index in [1.54, 1.807) is 50.3 Å². The van der Waals surface area contributed by atoms with E-state index in [0.29, 0.717) is 11.1 Å². The van der Waals surface area contributed by atoms with Gasteiger partial charge in [0.05, 0.1) is 11.5 Å². The van der Waals surface area contributed by atoms with Crippen LogP contribution in [0.4, 0.5) is 0 Å². The number of nitrogens with zero attached hydrogens (tertiary/aromatic N) is 1. The van der Waals surface area contributed by atoms with E-state index in [9.17, 15) is 13.2 Å². The van der Waals surface area contributed by atoms with Crippen molar-refractivity contribution >= 4 is 15.8 Å². The molecular weight excluding hydrogens is 314 g/mol. The first-order valence-corrected chi connectivity index (χ1v) is 8.87. The summed E-state index contributed by atoms with van der Waals surface area (Å²) in [4.78, 5) is 12.2. The highest BCUT2D eigenvalue weighted by Gasteiger charge is 2.48. The third kappa shape index (κ3) is 2.56. The van der Waals surface area contributed by atoms with Gasteiger partial charge in [0.2, 0.25) is 10.0 Å². The fourth-order valence-electron chi connectivity index (χ4n) is 3.02. The maximum absolute atomic E-state index is 13.0. The molecule has 1 aromatic carbocycles. The van der Waals surface area contributed by atoms with Gasteiger partial charge in [-0.05, 0) is 56.2 Å². The molecule has 1 aromatic rings. The van der Waals surface area contributed by atoms with Crippen molar-refractivity contribution in [2.75, 3.05) is 13.2 Å². The summed E-state index contributed by atoms with van der Waals surface area (Å²) in [6, 6.07) is 6.72. The first-order chi connectivity index (χ1) is 10.8. The van der Waals surface area contributed by atoms with Crippen LogP contribution in [-0.4, -0.2) is 37.4 Å². The molecule has 2 aliphatic rings. The molecule has 23 heavy (non-hydrogen) atoms. The SMILES string of the molecule is CC1=CC2(C=C(C)C1=O)OCCN2S(=O)(=O)c1ccc(C)cc1. The minimum atomic E-state index is -3.72. The monoisotopic (exact) mass is 333 g/mol. The van der Waals surface area contributed by atoms with E-state index in [1.807, 2.05) is 6.92 Å². The Balaban J connectivity index is 2.09. The number of Topliss-reactive ketones (excluding diaryl/α,β-unsaturated/α-hetero) is 1. The number of carbonyl (C=O) groups excluding carboxylic acids is 1. The molecule has 0 amide bonds. The van der Waals surface area contributed by atoms with Crippen molar-refractivity contribution in [2.45, 2.75) is 31.4 Å². The van der Waals surface area contributed by atoms with Crippen molar-refractivity contribution in [1.29, 1.82) is 0 Å². The van der Waals surface area contributed by atoms with E-state index >= 15 is 0 Å². The van der Waals surface area contributed by atoms with Gasteiger partial charge in [0.1, 0.15) is 0 Å². The standard InChI is InChI=1S/C17H19NO4S/c1-12-4-6-15(7-5-12)23(20,21)18-8-9-22-17(18)10-13(2)16(19)14(3)11-17/h4-7,10-11H,8-9H2,1-3H3. The third-order valence-corrected chi connectivity index (χ3v) is 6.11. The molecule has 1 fully saturated rings. The number of ether oxygens (including phenoxy) is 1. The maximum atomic E-state index is 13.0. The number of benzene rings is 1. The molecule has 1 spiro atoms. The van der Waals surface area contributed by atoms with Gasteiger partial charge in [0.15, 0.2) is 11.5 Å². The highest BCUT2D eigenvalue weighted by Crippen LogP contribution is 2.37. The highest BCUT2D eigenvalue weighted by atomic mass is 32.2. The molecule has 0 bridgehead atoms. The van der Waals surface area contributed by atoms with E-state index < -0.39 is 15.7 Å². The molecule has 0 saturated carbocycles. The Morgan fingerprint density at radius 1 is 1.04 bits per heavy atom. The number of allylic oxidation sites excluding steroid dienone is 2. The molecule has 5 nitrogen and oxygen atoms in total. The summed E-state index contributed by atoms with van der Waals surface area (Å²) in [5.74, 6) is -0.0844. The van der Waals surface area contributed by atoms with E-state index in [2.05, 4.69) is 0 Å². The number of hydrogen-bond donors (Lipinski definition) is 0. The summed E-state index contributed by atoms with van der Waals surface area (Å²) in [6.45, 7) is 5.80. The Labute approximate surface area is 136 Å². The predicted molar refractivity (Wildman–Crippen MR) is 86.3 cm³/mol. The molecule has 1 aliphatic carbocycles. The quantitative estimate of drug-likeness (QED) is 0.832. The summed E-state index contributed by atoms with van der Waals surface area (Å²) in [6.07, 6.45) is 3.20. The second-order valence-electron chi connectivity index (χ2n) is 5.97. The largest absolute Gasteiger partial charge is 0.351 e. The Hall–Kier alpha value is -1.76. The molecule has 1 saturated heterocycles. The molecule has 0 unspecified atom stereocenters. The molecule has 0 N–H and O–H groups in total. The average Bonchev–Trinajstić information content (AvgIpc) is 2.89. The molecule has 0 radical (unpaired) electrons. The number of ketones is 1. The van der Waals surface area contributed by atoms with E-state index in [1.165, 1.54) is 4.31 Å². The van der Waals surface area contributed by atoms with Gasteiger partial charge in [-0.1, -0.05) is 17.7 Å². The van der Waals surface area contributed by atoms with Gasteiger partial charge in [0.25, 0.3) is 0 Å². The van der Waals surface area contributed by atoms with Crippen LogP contribution in [-0.2, 0) is 19.6 Å². The lowest BCUT2D eigenvalue weighted by Crippen LogP contribution is -2.47. The molecule has 6 heteroatoms. The van der Waals surface area contributed by atoms with Crippen LogP contribution < -0.4 is 0 Å². The lowest BCUT2D eigenvalue weighted by Gasteiger charge is -2.34. The number of sulfonamides is 1. The predicted octanol–water partition coefficient (Wildman–Crippen LogP) is 2.19. The van der Waals surface area contributed by atoms with Crippen molar-refractivity contribution in [2.24, 2.45) is 0 Å². The zero-order chi connectivity index (χ0) is 16.8. The Bertz CT molecular complexity index is 797. The van der Waals surface area contributed by atoms with E-state index in [0.717, 1.165) is 5.56 Å². The summed E-state index contributed by atoms with van der Waals surface area (Å²) < 4.78 is 33.1. The van der Waals surface area contributed by atoms with Crippen LogP contribution in [0, 0.1) is 6.92 Å². The highest BCUT2D eigenvalue weighted by molar-refractivity contribution is 7.89. The van der Waals surface area contributed by atoms with Crippen LogP contribution in [0.5, 0.6) is 0 Å². The molecule has 1 heterocycles. The Morgan fingerprint density at radius 2 is 1.61 bits per heavy atom. The Morgan fingerprint density at radius 3 is 2.17 bits per heavy atom. The van der Waals surface area contributed by atoms with Crippen LogP contribution >= 0.6 is 0 Å². The average molecular weight is 333 g/mol. The molecule has 0 atom stereocenters. The van der Waals surface area contributed by atoms with Crippen LogP contribution in [0.15, 0.2) is 52.5 Å². The zero-order valence-electron chi connectivity index (χ0n) is 13.4. The van der Waals surface area contributed by atoms with Crippen LogP contribution in [0.3, 0.4) is 0 Å². The van der Waals surface area contributed by atoms with Gasteiger partial charge in [0, 0.05) is 6.54 Å². The summed E-state index contributed by atoms with van der Waals surface area (Å²) in [7, 11) is -3.72. The number of rotatable bonds is 2. The summed E-state index contributed by atoms with van der Waals surface area (Å²) in [5, 5.41) is 0. The summed E-state index contributed by atoms with van der Waals surface area (Å²) in [5.41, 5.74) is 0.782. The second kappa shape index (κ2) is 5.40.